The van der Waals surface area contributed by atoms with Crippen LogP contribution in [0.3, 0.4) is 0 Å². The third kappa shape index (κ3) is 3.46. The SMILES string of the molecule is CC(C)OCCS(=O)(=O)c1ccncc1N. The predicted molar refractivity (Wildman–Crippen MR) is 61.8 cm³/mol. The van der Waals surface area contributed by atoms with Gasteiger partial charge in [-0.1, -0.05) is 0 Å². The molecule has 1 rings (SSSR count). The van der Waals surface area contributed by atoms with Crippen molar-refractivity contribution in [1.29, 1.82) is 0 Å². The smallest absolute Gasteiger partial charge is 0.182 e. The third-order valence-electron chi connectivity index (χ3n) is 1.95. The van der Waals surface area contributed by atoms with Gasteiger partial charge in [0.1, 0.15) is 0 Å². The second kappa shape index (κ2) is 5.27. The summed E-state index contributed by atoms with van der Waals surface area (Å²) in [6, 6.07) is 1.40. The van der Waals surface area contributed by atoms with Crippen molar-refractivity contribution in [1.82, 2.24) is 4.98 Å². The molecular weight excluding hydrogens is 228 g/mol. The maximum Gasteiger partial charge on any atom is 0.182 e. The minimum absolute atomic E-state index is 0.0185. The van der Waals surface area contributed by atoms with Crippen molar-refractivity contribution in [3.63, 3.8) is 0 Å². The predicted octanol–water partition coefficient (Wildman–Crippen LogP) is 0.862. The minimum atomic E-state index is -3.38. The number of pyridine rings is 1. The van der Waals surface area contributed by atoms with E-state index >= 15 is 0 Å². The van der Waals surface area contributed by atoms with Gasteiger partial charge >= 0.3 is 0 Å². The molecule has 0 bridgehead atoms. The summed E-state index contributed by atoms with van der Waals surface area (Å²) in [5.74, 6) is -0.0700. The average molecular weight is 244 g/mol. The van der Waals surface area contributed by atoms with Crippen LogP contribution in [0, 0.1) is 0 Å². The molecule has 1 aromatic heterocycles. The van der Waals surface area contributed by atoms with Crippen LogP contribution in [-0.4, -0.2) is 31.9 Å². The first kappa shape index (κ1) is 12.9. The molecule has 5 nitrogen and oxygen atoms in total. The van der Waals surface area contributed by atoms with Gasteiger partial charge in [0, 0.05) is 6.20 Å². The van der Waals surface area contributed by atoms with Crippen LogP contribution in [-0.2, 0) is 14.6 Å². The molecule has 6 heteroatoms. The van der Waals surface area contributed by atoms with Gasteiger partial charge in [-0.25, -0.2) is 8.42 Å². The standard InChI is InChI=1S/C10H16N2O3S/c1-8(2)15-5-6-16(13,14)10-3-4-12-7-9(10)11/h3-4,7-8H,5-6,11H2,1-2H3. The summed E-state index contributed by atoms with van der Waals surface area (Å²) in [4.78, 5) is 3.87. The fourth-order valence-electron chi connectivity index (χ4n) is 1.18. The Labute approximate surface area is 95.6 Å². The van der Waals surface area contributed by atoms with E-state index in [1.807, 2.05) is 13.8 Å². The quantitative estimate of drug-likeness (QED) is 0.830. The molecule has 0 atom stereocenters. The third-order valence-corrected chi connectivity index (χ3v) is 3.69. The number of anilines is 1. The number of hydrogen-bond acceptors (Lipinski definition) is 5. The average Bonchev–Trinajstić information content (AvgIpc) is 2.17. The zero-order valence-electron chi connectivity index (χ0n) is 9.38. The van der Waals surface area contributed by atoms with Crippen LogP contribution in [0.5, 0.6) is 0 Å². The number of rotatable bonds is 5. The van der Waals surface area contributed by atoms with Crippen molar-refractivity contribution in [2.24, 2.45) is 0 Å². The van der Waals surface area contributed by atoms with Crippen molar-refractivity contribution in [2.75, 3.05) is 18.1 Å². The lowest BCUT2D eigenvalue weighted by molar-refractivity contribution is 0.0912. The molecular formula is C10H16N2O3S. The van der Waals surface area contributed by atoms with Crippen molar-refractivity contribution in [2.45, 2.75) is 24.8 Å². The van der Waals surface area contributed by atoms with Crippen LogP contribution in [0.4, 0.5) is 5.69 Å². The Morgan fingerprint density at radius 3 is 2.75 bits per heavy atom. The highest BCUT2D eigenvalue weighted by Crippen LogP contribution is 2.17. The molecule has 0 unspecified atom stereocenters. The Bertz CT molecular complexity index is 443. The molecule has 0 saturated carbocycles. The second-order valence-electron chi connectivity index (χ2n) is 3.65. The monoisotopic (exact) mass is 244 g/mol. The molecule has 0 saturated heterocycles. The highest BCUT2D eigenvalue weighted by molar-refractivity contribution is 7.91. The number of hydrogen-bond donors (Lipinski definition) is 1. The van der Waals surface area contributed by atoms with Crippen LogP contribution in [0.15, 0.2) is 23.4 Å². The van der Waals surface area contributed by atoms with E-state index in [9.17, 15) is 8.42 Å². The van der Waals surface area contributed by atoms with Gasteiger partial charge in [-0.05, 0) is 19.9 Å². The fourth-order valence-corrected chi connectivity index (χ4v) is 2.40. The number of ether oxygens (including phenoxy) is 1. The number of sulfone groups is 1. The summed E-state index contributed by atoms with van der Waals surface area (Å²) in [6.45, 7) is 3.88. The van der Waals surface area contributed by atoms with Crippen LogP contribution in [0.1, 0.15) is 13.8 Å². The van der Waals surface area contributed by atoms with E-state index < -0.39 is 9.84 Å². The number of aromatic nitrogens is 1. The molecule has 0 amide bonds. The summed E-state index contributed by atoms with van der Waals surface area (Å²) in [7, 11) is -3.38. The highest BCUT2D eigenvalue weighted by atomic mass is 32.2. The second-order valence-corrected chi connectivity index (χ2v) is 5.73. The Morgan fingerprint density at radius 1 is 1.50 bits per heavy atom. The molecule has 0 fully saturated rings. The van der Waals surface area contributed by atoms with Gasteiger partial charge < -0.3 is 10.5 Å². The lowest BCUT2D eigenvalue weighted by atomic mass is 10.4. The Hall–Kier alpha value is -1.14. The highest BCUT2D eigenvalue weighted by Gasteiger charge is 2.17. The maximum atomic E-state index is 11.8. The van der Waals surface area contributed by atoms with Gasteiger partial charge in [0.05, 0.1) is 35.2 Å². The Kier molecular flexibility index (Phi) is 4.26. The van der Waals surface area contributed by atoms with E-state index in [-0.39, 0.29) is 29.0 Å². The first-order valence-electron chi connectivity index (χ1n) is 4.97. The van der Waals surface area contributed by atoms with Crippen molar-refractivity contribution in [3.8, 4) is 0 Å². The Balaban J connectivity index is 2.75. The van der Waals surface area contributed by atoms with E-state index in [1.165, 1.54) is 18.5 Å². The van der Waals surface area contributed by atoms with E-state index in [0.29, 0.717) is 0 Å². The zero-order chi connectivity index (χ0) is 12.2. The molecule has 1 aromatic rings. The molecule has 0 aromatic carbocycles. The first-order valence-corrected chi connectivity index (χ1v) is 6.62. The van der Waals surface area contributed by atoms with Crippen molar-refractivity contribution < 1.29 is 13.2 Å². The molecule has 0 radical (unpaired) electrons. The summed E-state index contributed by atoms with van der Waals surface area (Å²) in [6.07, 6.45) is 2.76. The lowest BCUT2D eigenvalue weighted by Gasteiger charge is -2.09. The molecule has 0 spiro atoms. The maximum absolute atomic E-state index is 11.8. The van der Waals surface area contributed by atoms with E-state index in [4.69, 9.17) is 10.5 Å². The van der Waals surface area contributed by atoms with Gasteiger partial charge in [-0.3, -0.25) is 4.98 Å². The molecule has 16 heavy (non-hydrogen) atoms. The van der Waals surface area contributed by atoms with Crippen LogP contribution < -0.4 is 5.73 Å². The fraction of sp³-hybridized carbons (Fsp3) is 0.500. The van der Waals surface area contributed by atoms with Gasteiger partial charge in [0.25, 0.3) is 0 Å². The van der Waals surface area contributed by atoms with Crippen molar-refractivity contribution >= 4 is 15.5 Å². The number of nitrogen functional groups attached to an aromatic ring is 1. The topological polar surface area (TPSA) is 82.3 Å². The zero-order valence-corrected chi connectivity index (χ0v) is 10.2. The Morgan fingerprint density at radius 2 is 2.19 bits per heavy atom. The summed E-state index contributed by atoms with van der Waals surface area (Å²) in [5.41, 5.74) is 5.73. The first-order chi connectivity index (χ1) is 7.43. The van der Waals surface area contributed by atoms with Crippen LogP contribution >= 0.6 is 0 Å². The van der Waals surface area contributed by atoms with E-state index in [1.54, 1.807) is 0 Å². The molecule has 0 aliphatic heterocycles. The van der Waals surface area contributed by atoms with Gasteiger partial charge in [0.2, 0.25) is 0 Å². The molecule has 0 aliphatic carbocycles. The molecule has 2 N–H and O–H groups in total. The summed E-state index contributed by atoms with van der Waals surface area (Å²) < 4.78 is 28.9. The van der Waals surface area contributed by atoms with Gasteiger partial charge in [0.15, 0.2) is 9.84 Å². The lowest BCUT2D eigenvalue weighted by Crippen LogP contribution is -2.16. The van der Waals surface area contributed by atoms with Crippen LogP contribution in [0.2, 0.25) is 0 Å². The van der Waals surface area contributed by atoms with E-state index in [2.05, 4.69) is 4.98 Å². The minimum Gasteiger partial charge on any atom is -0.396 e. The molecule has 0 aliphatic rings. The summed E-state index contributed by atoms with van der Waals surface area (Å²) in [5, 5.41) is 0. The largest absolute Gasteiger partial charge is 0.396 e. The van der Waals surface area contributed by atoms with E-state index in [0.717, 1.165) is 0 Å². The van der Waals surface area contributed by atoms with Crippen molar-refractivity contribution in [3.05, 3.63) is 18.5 Å². The van der Waals surface area contributed by atoms with Crippen LogP contribution in [0.25, 0.3) is 0 Å². The molecule has 90 valence electrons. The van der Waals surface area contributed by atoms with Gasteiger partial charge in [-0.15, -0.1) is 0 Å². The van der Waals surface area contributed by atoms with Gasteiger partial charge in [-0.2, -0.15) is 0 Å². The summed E-state index contributed by atoms with van der Waals surface area (Å²) >= 11 is 0. The molecule has 1 heterocycles. The normalized spacial score (nSPS) is 11.9. The number of nitrogens with zero attached hydrogens (tertiary/aromatic N) is 1. The number of nitrogens with two attached hydrogens (primary N) is 1.